The van der Waals surface area contributed by atoms with E-state index in [1.54, 1.807) is 12.1 Å². The van der Waals surface area contributed by atoms with E-state index in [0.717, 1.165) is 12.8 Å². The van der Waals surface area contributed by atoms with Crippen LogP contribution in [0, 0.1) is 5.82 Å². The van der Waals surface area contributed by atoms with Crippen LogP contribution in [0.4, 0.5) is 20.6 Å². The Morgan fingerprint density at radius 2 is 2.15 bits per heavy atom. The Kier molecular flexibility index (Phi) is 6.08. The first-order valence-electron chi connectivity index (χ1n) is 8.78. The van der Waals surface area contributed by atoms with E-state index in [4.69, 9.17) is 9.15 Å². The molecule has 0 bridgehead atoms. The fourth-order valence-corrected chi connectivity index (χ4v) is 2.94. The monoisotopic (exact) mass is 375 g/mol. The van der Waals surface area contributed by atoms with Crippen molar-refractivity contribution in [2.45, 2.75) is 32.4 Å². The van der Waals surface area contributed by atoms with Crippen molar-refractivity contribution < 1.29 is 23.1 Å². The summed E-state index contributed by atoms with van der Waals surface area (Å²) in [6.07, 6.45) is 3.30. The molecule has 8 heteroatoms. The maximum Gasteiger partial charge on any atom is 0.322 e. The van der Waals surface area contributed by atoms with Crippen molar-refractivity contribution in [3.8, 4) is 0 Å². The van der Waals surface area contributed by atoms with Crippen LogP contribution >= 0.6 is 0 Å². The van der Waals surface area contributed by atoms with Crippen LogP contribution in [0.5, 0.6) is 0 Å². The number of anilines is 2. The average molecular weight is 375 g/mol. The molecule has 0 saturated carbocycles. The number of halogens is 1. The van der Waals surface area contributed by atoms with Crippen molar-refractivity contribution >= 4 is 23.3 Å². The molecule has 0 radical (unpaired) electrons. The molecule has 2 heterocycles. The van der Waals surface area contributed by atoms with Gasteiger partial charge in [0.15, 0.2) is 0 Å². The number of ether oxygens (including phenoxy) is 1. The molecule has 1 fully saturated rings. The van der Waals surface area contributed by atoms with Crippen LogP contribution < -0.4 is 10.6 Å². The predicted molar refractivity (Wildman–Crippen MR) is 97.8 cm³/mol. The summed E-state index contributed by atoms with van der Waals surface area (Å²) in [7, 11) is 0. The lowest BCUT2D eigenvalue weighted by molar-refractivity contribution is -0.114. The third-order valence-corrected chi connectivity index (χ3v) is 4.19. The zero-order chi connectivity index (χ0) is 19.2. The van der Waals surface area contributed by atoms with E-state index in [0.29, 0.717) is 24.6 Å². The van der Waals surface area contributed by atoms with Crippen LogP contribution in [0.1, 0.15) is 25.5 Å². The van der Waals surface area contributed by atoms with Gasteiger partial charge in [-0.05, 0) is 43.2 Å². The van der Waals surface area contributed by atoms with Crippen molar-refractivity contribution in [3.63, 3.8) is 0 Å². The van der Waals surface area contributed by atoms with Gasteiger partial charge in [0.1, 0.15) is 11.6 Å². The SMILES string of the molecule is CC(=O)Nc1ccc(F)c(NC(=O)N(Cc2ccco2)CC2CCCO2)c1. The molecule has 3 amide bonds. The molecule has 27 heavy (non-hydrogen) atoms. The highest BCUT2D eigenvalue weighted by Crippen LogP contribution is 2.21. The molecule has 1 unspecified atom stereocenters. The molecule has 0 spiro atoms. The minimum Gasteiger partial charge on any atom is -0.467 e. The van der Waals surface area contributed by atoms with E-state index < -0.39 is 11.8 Å². The van der Waals surface area contributed by atoms with Gasteiger partial charge in [-0.2, -0.15) is 0 Å². The molecular weight excluding hydrogens is 353 g/mol. The number of rotatable bonds is 6. The normalized spacial score (nSPS) is 16.1. The number of urea groups is 1. The summed E-state index contributed by atoms with van der Waals surface area (Å²) in [5.41, 5.74) is 0.388. The predicted octanol–water partition coefficient (Wildman–Crippen LogP) is 3.59. The Morgan fingerprint density at radius 1 is 1.30 bits per heavy atom. The lowest BCUT2D eigenvalue weighted by Crippen LogP contribution is -2.39. The fourth-order valence-electron chi connectivity index (χ4n) is 2.94. The first-order chi connectivity index (χ1) is 13.0. The Morgan fingerprint density at radius 3 is 2.81 bits per heavy atom. The van der Waals surface area contributed by atoms with Crippen molar-refractivity contribution in [2.75, 3.05) is 23.8 Å². The third-order valence-electron chi connectivity index (χ3n) is 4.19. The van der Waals surface area contributed by atoms with E-state index in [1.807, 2.05) is 0 Å². The molecule has 1 aliphatic rings. The highest BCUT2D eigenvalue weighted by atomic mass is 19.1. The lowest BCUT2D eigenvalue weighted by atomic mass is 10.2. The quantitative estimate of drug-likeness (QED) is 0.808. The zero-order valence-corrected chi connectivity index (χ0v) is 15.0. The summed E-state index contributed by atoms with van der Waals surface area (Å²) in [6.45, 7) is 2.65. The molecule has 1 aromatic carbocycles. The smallest absolute Gasteiger partial charge is 0.322 e. The third kappa shape index (κ3) is 5.30. The van der Waals surface area contributed by atoms with Crippen molar-refractivity contribution in [1.29, 1.82) is 0 Å². The Bertz CT molecular complexity index is 788. The van der Waals surface area contributed by atoms with Crippen molar-refractivity contribution in [3.05, 3.63) is 48.2 Å². The summed E-state index contributed by atoms with van der Waals surface area (Å²) in [4.78, 5) is 25.5. The van der Waals surface area contributed by atoms with Gasteiger partial charge in [-0.3, -0.25) is 4.79 Å². The zero-order valence-electron chi connectivity index (χ0n) is 15.0. The Labute approximate surface area is 156 Å². The van der Waals surface area contributed by atoms with E-state index in [1.165, 1.54) is 36.3 Å². The molecule has 1 atom stereocenters. The summed E-state index contributed by atoms with van der Waals surface area (Å²) in [5.74, 6) is -0.250. The number of hydrogen-bond donors (Lipinski definition) is 2. The van der Waals surface area contributed by atoms with Crippen LogP contribution in [0.15, 0.2) is 41.0 Å². The van der Waals surface area contributed by atoms with Crippen LogP contribution in [0.2, 0.25) is 0 Å². The molecule has 1 saturated heterocycles. The molecule has 144 valence electrons. The second kappa shape index (κ2) is 8.68. The minimum atomic E-state index is -0.590. The summed E-state index contributed by atoms with van der Waals surface area (Å²) in [5, 5.41) is 5.14. The number of benzene rings is 1. The Balaban J connectivity index is 1.73. The number of carbonyl (C=O) groups excluding carboxylic acids is 2. The topological polar surface area (TPSA) is 83.8 Å². The summed E-state index contributed by atoms with van der Waals surface area (Å²) in [6, 6.07) is 7.05. The average Bonchev–Trinajstić information content (AvgIpc) is 3.30. The molecule has 0 aliphatic carbocycles. The van der Waals surface area contributed by atoms with Crippen LogP contribution in [0.3, 0.4) is 0 Å². The van der Waals surface area contributed by atoms with Crippen LogP contribution in [0.25, 0.3) is 0 Å². The Hall–Kier alpha value is -2.87. The fraction of sp³-hybridized carbons (Fsp3) is 0.368. The van der Waals surface area contributed by atoms with Crippen LogP contribution in [-0.4, -0.2) is 36.1 Å². The van der Waals surface area contributed by atoms with Gasteiger partial charge in [0.2, 0.25) is 5.91 Å². The number of nitrogens with one attached hydrogen (secondary N) is 2. The lowest BCUT2D eigenvalue weighted by Gasteiger charge is -2.25. The maximum atomic E-state index is 14.1. The highest BCUT2D eigenvalue weighted by molar-refractivity contribution is 5.92. The number of nitrogens with zero attached hydrogens (tertiary/aromatic N) is 1. The first kappa shape index (κ1) is 18.9. The van der Waals surface area contributed by atoms with Gasteiger partial charge in [-0.1, -0.05) is 0 Å². The molecule has 2 aromatic rings. The van der Waals surface area contributed by atoms with Gasteiger partial charge in [0.25, 0.3) is 0 Å². The largest absolute Gasteiger partial charge is 0.467 e. The van der Waals surface area contributed by atoms with Gasteiger partial charge >= 0.3 is 6.03 Å². The van der Waals surface area contributed by atoms with E-state index >= 15 is 0 Å². The second-order valence-electron chi connectivity index (χ2n) is 6.40. The minimum absolute atomic E-state index is 0.0111. The molecule has 1 aliphatic heterocycles. The number of hydrogen-bond acceptors (Lipinski definition) is 4. The van der Waals surface area contributed by atoms with E-state index in [-0.39, 0.29) is 24.2 Å². The maximum absolute atomic E-state index is 14.1. The molecule has 1 aromatic heterocycles. The van der Waals surface area contributed by atoms with E-state index in [2.05, 4.69) is 10.6 Å². The van der Waals surface area contributed by atoms with Gasteiger partial charge in [-0.15, -0.1) is 0 Å². The molecule has 7 nitrogen and oxygen atoms in total. The van der Waals surface area contributed by atoms with Gasteiger partial charge in [-0.25, -0.2) is 9.18 Å². The number of carbonyl (C=O) groups is 2. The van der Waals surface area contributed by atoms with Crippen LogP contribution in [-0.2, 0) is 16.1 Å². The molecule has 2 N–H and O–H groups in total. The first-order valence-corrected chi connectivity index (χ1v) is 8.78. The summed E-state index contributed by atoms with van der Waals surface area (Å²) >= 11 is 0. The van der Waals surface area contributed by atoms with E-state index in [9.17, 15) is 14.0 Å². The molecule has 3 rings (SSSR count). The van der Waals surface area contributed by atoms with Crippen molar-refractivity contribution in [1.82, 2.24) is 4.90 Å². The molecular formula is C19H22FN3O4. The summed E-state index contributed by atoms with van der Waals surface area (Å²) < 4.78 is 25.1. The number of amides is 3. The van der Waals surface area contributed by atoms with Gasteiger partial charge in [0, 0.05) is 25.8 Å². The van der Waals surface area contributed by atoms with Crippen molar-refractivity contribution in [2.24, 2.45) is 0 Å². The van der Waals surface area contributed by atoms with Gasteiger partial charge < -0.3 is 24.7 Å². The standard InChI is InChI=1S/C19H22FN3O4/c1-13(24)21-14-6-7-17(20)18(10-14)22-19(25)23(11-15-4-2-8-26-15)12-16-5-3-9-27-16/h2,4,6-8,10,16H,3,5,9,11-12H2,1H3,(H,21,24)(H,22,25). The highest BCUT2D eigenvalue weighted by Gasteiger charge is 2.24. The van der Waals surface area contributed by atoms with Gasteiger partial charge in [0.05, 0.1) is 24.6 Å². The second-order valence-corrected chi connectivity index (χ2v) is 6.40. The number of furan rings is 1.